The Labute approximate surface area is 120 Å². The number of aryl methyl sites for hydroxylation is 1. The summed E-state index contributed by atoms with van der Waals surface area (Å²) in [7, 11) is -3.54. The predicted molar refractivity (Wildman–Crippen MR) is 78.0 cm³/mol. The molecule has 5 heteroatoms. The van der Waals surface area contributed by atoms with Gasteiger partial charge in [-0.15, -0.1) is 0 Å². The number of rotatable bonds is 7. The van der Waals surface area contributed by atoms with E-state index in [-0.39, 0.29) is 4.90 Å². The summed E-state index contributed by atoms with van der Waals surface area (Å²) in [6, 6.07) is 6.75. The number of aldehydes is 1. The number of hydrogen-bond donors (Lipinski definition) is 0. The molecule has 2 atom stereocenters. The number of benzene rings is 1. The maximum absolute atomic E-state index is 12.5. The molecule has 0 bridgehead atoms. The zero-order chi connectivity index (χ0) is 14.8. The Morgan fingerprint density at radius 2 is 1.90 bits per heavy atom. The Morgan fingerprint density at radius 1 is 1.25 bits per heavy atom. The van der Waals surface area contributed by atoms with Gasteiger partial charge in [0.25, 0.3) is 0 Å². The molecule has 1 aromatic carbocycles. The number of nitrogens with zero attached hydrogens (tertiary/aromatic N) is 1. The van der Waals surface area contributed by atoms with Crippen LogP contribution in [0.4, 0.5) is 0 Å². The minimum Gasteiger partial charge on any atom is -0.301 e. The quantitative estimate of drug-likeness (QED) is 0.441. The van der Waals surface area contributed by atoms with Crippen LogP contribution < -0.4 is 0 Å². The first-order chi connectivity index (χ1) is 9.46. The normalized spacial score (nSPS) is 25.4. The third-order valence-electron chi connectivity index (χ3n) is 3.85. The molecule has 1 unspecified atom stereocenters. The highest BCUT2D eigenvalue weighted by Crippen LogP contribution is 2.40. The Balaban J connectivity index is 2.15. The number of carbonyl (C=O) groups is 1. The van der Waals surface area contributed by atoms with Crippen LogP contribution in [0.1, 0.15) is 38.2 Å². The highest BCUT2D eigenvalue weighted by molar-refractivity contribution is 7.89. The van der Waals surface area contributed by atoms with Crippen LogP contribution in [-0.2, 0) is 14.8 Å². The van der Waals surface area contributed by atoms with E-state index >= 15 is 0 Å². The maximum atomic E-state index is 12.5. The molecule has 2 rings (SSSR count). The molecular formula is C15H21NO3S. The van der Waals surface area contributed by atoms with Gasteiger partial charge in [-0.2, -0.15) is 4.31 Å². The van der Waals surface area contributed by atoms with Gasteiger partial charge in [0.2, 0.25) is 10.0 Å². The lowest BCUT2D eigenvalue weighted by molar-refractivity contribution is -0.110. The van der Waals surface area contributed by atoms with E-state index in [1.165, 1.54) is 4.31 Å². The number of unbranched alkanes of at least 4 members (excludes halogenated alkanes) is 2. The summed E-state index contributed by atoms with van der Waals surface area (Å²) in [5, 5.41) is 0. The summed E-state index contributed by atoms with van der Waals surface area (Å²) in [6.07, 6.45) is 4.38. The van der Waals surface area contributed by atoms with Gasteiger partial charge in [0.1, 0.15) is 11.8 Å². The van der Waals surface area contributed by atoms with Crippen LogP contribution in [0.15, 0.2) is 29.2 Å². The van der Waals surface area contributed by atoms with Gasteiger partial charge < -0.3 is 4.79 Å². The molecule has 0 spiro atoms. The van der Waals surface area contributed by atoms with Crippen molar-refractivity contribution in [2.45, 2.75) is 50.0 Å². The minimum absolute atomic E-state index is 0.266. The molecule has 1 aliphatic rings. The monoisotopic (exact) mass is 295 g/mol. The highest BCUT2D eigenvalue weighted by atomic mass is 32.2. The van der Waals surface area contributed by atoms with E-state index in [1.807, 2.05) is 6.92 Å². The molecule has 0 amide bonds. The van der Waals surface area contributed by atoms with Gasteiger partial charge in [-0.25, -0.2) is 8.42 Å². The molecule has 1 aromatic rings. The first-order valence-electron chi connectivity index (χ1n) is 7.02. The average molecular weight is 295 g/mol. The molecule has 1 aliphatic heterocycles. The lowest BCUT2D eigenvalue weighted by Gasteiger charge is -2.12. The van der Waals surface area contributed by atoms with Crippen molar-refractivity contribution in [3.05, 3.63) is 29.8 Å². The fourth-order valence-electron chi connectivity index (χ4n) is 2.41. The Bertz CT molecular complexity index is 580. The highest BCUT2D eigenvalue weighted by Gasteiger charge is 2.58. The molecule has 1 saturated heterocycles. The van der Waals surface area contributed by atoms with Crippen LogP contribution in [0, 0.1) is 6.92 Å². The summed E-state index contributed by atoms with van der Waals surface area (Å²) in [6.45, 7) is 4.31. The van der Waals surface area contributed by atoms with E-state index in [0.717, 1.165) is 31.1 Å². The summed E-state index contributed by atoms with van der Waals surface area (Å²) >= 11 is 0. The molecule has 0 saturated carbocycles. The molecule has 0 N–H and O–H groups in total. The Morgan fingerprint density at radius 3 is 2.45 bits per heavy atom. The van der Waals surface area contributed by atoms with Crippen molar-refractivity contribution in [2.75, 3.05) is 6.54 Å². The molecule has 20 heavy (non-hydrogen) atoms. The maximum Gasteiger partial charge on any atom is 0.244 e. The standard InChI is InChI=1S/C15H21NO3S/c1-3-4-5-10-15(12-17)11-16(15)20(18,19)14-8-6-13(2)7-9-14/h6-9,12H,3-5,10-11H2,1-2H3/t15-,16?/m0/s1. The van der Waals surface area contributed by atoms with Crippen molar-refractivity contribution >= 4 is 16.3 Å². The van der Waals surface area contributed by atoms with Gasteiger partial charge in [-0.05, 0) is 25.5 Å². The van der Waals surface area contributed by atoms with Crippen molar-refractivity contribution < 1.29 is 13.2 Å². The fraction of sp³-hybridized carbons (Fsp3) is 0.533. The topological polar surface area (TPSA) is 54.2 Å². The van der Waals surface area contributed by atoms with Crippen molar-refractivity contribution in [1.82, 2.24) is 4.31 Å². The fourth-order valence-corrected chi connectivity index (χ4v) is 4.16. The van der Waals surface area contributed by atoms with Crippen LogP contribution in [0.3, 0.4) is 0 Å². The molecule has 110 valence electrons. The first-order valence-corrected chi connectivity index (χ1v) is 8.46. The Kier molecular flexibility index (Phi) is 4.30. The second kappa shape index (κ2) is 5.66. The van der Waals surface area contributed by atoms with Gasteiger partial charge in [-0.1, -0.05) is 43.9 Å². The summed E-state index contributed by atoms with van der Waals surface area (Å²) in [4.78, 5) is 11.6. The summed E-state index contributed by atoms with van der Waals surface area (Å²) in [5.41, 5.74) is 0.221. The second-order valence-corrected chi connectivity index (χ2v) is 7.37. The van der Waals surface area contributed by atoms with E-state index in [9.17, 15) is 13.2 Å². The van der Waals surface area contributed by atoms with Crippen molar-refractivity contribution in [3.63, 3.8) is 0 Å². The van der Waals surface area contributed by atoms with Crippen LogP contribution in [-0.4, -0.2) is 31.1 Å². The van der Waals surface area contributed by atoms with Crippen molar-refractivity contribution in [1.29, 1.82) is 0 Å². The second-order valence-electron chi connectivity index (χ2n) is 5.50. The van der Waals surface area contributed by atoms with Crippen molar-refractivity contribution in [3.8, 4) is 0 Å². The van der Waals surface area contributed by atoms with Gasteiger partial charge in [-0.3, -0.25) is 0 Å². The molecule has 1 heterocycles. The van der Waals surface area contributed by atoms with E-state index in [1.54, 1.807) is 24.3 Å². The Hall–Kier alpha value is -1.20. The van der Waals surface area contributed by atoms with Gasteiger partial charge >= 0.3 is 0 Å². The van der Waals surface area contributed by atoms with Gasteiger partial charge in [0, 0.05) is 6.54 Å². The van der Waals surface area contributed by atoms with Crippen LogP contribution in [0.25, 0.3) is 0 Å². The van der Waals surface area contributed by atoms with Gasteiger partial charge in [0.05, 0.1) is 4.90 Å². The lowest BCUT2D eigenvalue weighted by Crippen LogP contribution is -2.25. The van der Waals surface area contributed by atoms with E-state index in [4.69, 9.17) is 0 Å². The van der Waals surface area contributed by atoms with Crippen LogP contribution >= 0.6 is 0 Å². The van der Waals surface area contributed by atoms with Gasteiger partial charge in [0.15, 0.2) is 0 Å². The SMILES string of the molecule is CCCCC[C@@]1(C=O)CN1S(=O)(=O)c1ccc(C)cc1. The smallest absolute Gasteiger partial charge is 0.244 e. The third kappa shape index (κ3) is 2.79. The zero-order valence-electron chi connectivity index (χ0n) is 12.0. The predicted octanol–water partition coefficient (Wildman–Crippen LogP) is 2.52. The third-order valence-corrected chi connectivity index (χ3v) is 5.79. The summed E-state index contributed by atoms with van der Waals surface area (Å²) < 4.78 is 26.3. The number of carbonyl (C=O) groups excluding carboxylic acids is 1. The first kappa shape index (κ1) is 15.2. The minimum atomic E-state index is -3.54. The van der Waals surface area contributed by atoms with E-state index in [0.29, 0.717) is 13.0 Å². The number of sulfonamides is 1. The van der Waals surface area contributed by atoms with E-state index in [2.05, 4.69) is 6.92 Å². The lowest BCUT2D eigenvalue weighted by atomic mass is 10.0. The molecular weight excluding hydrogens is 274 g/mol. The molecule has 0 radical (unpaired) electrons. The van der Waals surface area contributed by atoms with E-state index < -0.39 is 15.6 Å². The largest absolute Gasteiger partial charge is 0.301 e. The zero-order valence-corrected chi connectivity index (χ0v) is 12.8. The average Bonchev–Trinajstić information content (AvgIpc) is 3.16. The van der Waals surface area contributed by atoms with Crippen LogP contribution in [0.5, 0.6) is 0 Å². The molecule has 0 aromatic heterocycles. The molecule has 4 nitrogen and oxygen atoms in total. The van der Waals surface area contributed by atoms with Crippen molar-refractivity contribution in [2.24, 2.45) is 0 Å². The van der Waals surface area contributed by atoms with Crippen LogP contribution in [0.2, 0.25) is 0 Å². The molecule has 0 aliphatic carbocycles. The number of hydrogen-bond acceptors (Lipinski definition) is 3. The summed E-state index contributed by atoms with van der Waals surface area (Å²) in [5.74, 6) is 0. The molecule has 1 fully saturated rings.